The van der Waals surface area contributed by atoms with Crippen molar-refractivity contribution in [2.75, 3.05) is 19.3 Å². The number of anilines is 2. The van der Waals surface area contributed by atoms with Crippen LogP contribution in [0.25, 0.3) is 0 Å². The second kappa shape index (κ2) is 5.42. The largest absolute Gasteiger partial charge is 0.754 e. The fourth-order valence-electron chi connectivity index (χ4n) is 1.58. The molecule has 2 aromatic rings. The van der Waals surface area contributed by atoms with Crippen LogP contribution in [0.5, 0.6) is 11.5 Å². The van der Waals surface area contributed by atoms with E-state index in [0.717, 1.165) is 16.6 Å². The van der Waals surface area contributed by atoms with Crippen LogP contribution in [0, 0.1) is 5.21 Å². The number of benzene rings is 2. The summed E-state index contributed by atoms with van der Waals surface area (Å²) in [6.45, 7) is 0. The molecule has 2 rings (SSSR count). The van der Waals surface area contributed by atoms with Crippen LogP contribution in [-0.2, 0) is 0 Å². The highest BCUT2D eigenvalue weighted by Crippen LogP contribution is 2.27. The van der Waals surface area contributed by atoms with E-state index in [9.17, 15) is 5.21 Å². The lowest BCUT2D eigenvalue weighted by atomic mass is 10.2. The molecule has 0 aliphatic carbocycles. The van der Waals surface area contributed by atoms with Gasteiger partial charge in [-0.05, 0) is 48.5 Å². The molecule has 0 fully saturated rings. The van der Waals surface area contributed by atoms with Gasteiger partial charge in [-0.1, -0.05) is 0 Å². The van der Waals surface area contributed by atoms with Crippen molar-refractivity contribution in [2.45, 2.75) is 0 Å². The smallest absolute Gasteiger partial charge is 0.119 e. The van der Waals surface area contributed by atoms with Crippen LogP contribution in [0.1, 0.15) is 0 Å². The van der Waals surface area contributed by atoms with Gasteiger partial charge in [0.15, 0.2) is 0 Å². The highest BCUT2D eigenvalue weighted by Gasteiger charge is 2.00. The average Bonchev–Trinajstić information content (AvgIpc) is 2.47. The van der Waals surface area contributed by atoms with E-state index in [2.05, 4.69) is 0 Å². The third-order valence-electron chi connectivity index (χ3n) is 2.61. The second-order valence-corrected chi connectivity index (χ2v) is 3.69. The second-order valence-electron chi connectivity index (χ2n) is 3.69. The molecule has 0 heterocycles. The molecule has 0 bridgehead atoms. The van der Waals surface area contributed by atoms with Crippen LogP contribution in [0.3, 0.4) is 0 Å². The molecule has 0 unspecified atom stereocenters. The molecule has 4 nitrogen and oxygen atoms in total. The molecule has 0 amide bonds. The zero-order valence-electron chi connectivity index (χ0n) is 10.3. The SMILES string of the molecule is COc1ccc(N([O-])c2ccc(OC)cc2)cc1. The van der Waals surface area contributed by atoms with Gasteiger partial charge in [-0.25, -0.2) is 0 Å². The minimum Gasteiger partial charge on any atom is -0.754 e. The zero-order valence-corrected chi connectivity index (χ0v) is 10.3. The number of methoxy groups -OCH3 is 2. The van der Waals surface area contributed by atoms with E-state index in [-0.39, 0.29) is 0 Å². The van der Waals surface area contributed by atoms with Crippen molar-refractivity contribution in [1.82, 2.24) is 0 Å². The normalized spacial score (nSPS) is 9.94. The van der Waals surface area contributed by atoms with Gasteiger partial charge in [-0.2, -0.15) is 0 Å². The van der Waals surface area contributed by atoms with Gasteiger partial charge in [0, 0.05) is 11.4 Å². The maximum atomic E-state index is 12.1. The third-order valence-corrected chi connectivity index (χ3v) is 2.61. The van der Waals surface area contributed by atoms with Crippen LogP contribution >= 0.6 is 0 Å². The fraction of sp³-hybridized carbons (Fsp3) is 0.143. The zero-order chi connectivity index (χ0) is 13.0. The van der Waals surface area contributed by atoms with Crippen molar-refractivity contribution >= 4 is 11.4 Å². The van der Waals surface area contributed by atoms with Crippen LogP contribution in [-0.4, -0.2) is 14.2 Å². The van der Waals surface area contributed by atoms with Crippen LogP contribution in [0.2, 0.25) is 0 Å². The van der Waals surface area contributed by atoms with E-state index in [0.29, 0.717) is 11.4 Å². The molecule has 0 atom stereocenters. The first-order valence-electron chi connectivity index (χ1n) is 5.50. The molecule has 2 aromatic carbocycles. The number of ether oxygens (including phenoxy) is 2. The summed E-state index contributed by atoms with van der Waals surface area (Å²) in [5.41, 5.74) is 1.11. The monoisotopic (exact) mass is 244 g/mol. The van der Waals surface area contributed by atoms with Gasteiger partial charge in [-0.15, -0.1) is 0 Å². The van der Waals surface area contributed by atoms with Gasteiger partial charge in [0.2, 0.25) is 0 Å². The van der Waals surface area contributed by atoms with Gasteiger partial charge in [-0.3, -0.25) is 0 Å². The molecular formula is C14H14NO3-. The predicted octanol–water partition coefficient (Wildman–Crippen LogP) is 3.34. The Morgan fingerprint density at radius 1 is 0.722 bits per heavy atom. The third kappa shape index (κ3) is 2.55. The predicted molar refractivity (Wildman–Crippen MR) is 71.5 cm³/mol. The molecule has 94 valence electrons. The van der Waals surface area contributed by atoms with Crippen molar-refractivity contribution in [3.63, 3.8) is 0 Å². The van der Waals surface area contributed by atoms with Gasteiger partial charge in [0.05, 0.1) is 14.2 Å². The Bertz CT molecular complexity index is 446. The number of hydrogen-bond acceptors (Lipinski definition) is 4. The first-order valence-corrected chi connectivity index (χ1v) is 5.50. The number of hydrogen-bond donors (Lipinski definition) is 0. The standard InChI is InChI=1S/C14H14NO3/c1-17-13-7-3-11(4-8-13)15(16)12-5-9-14(18-2)10-6-12/h3-10H,1-2H3/q-1. The highest BCUT2D eigenvalue weighted by molar-refractivity contribution is 5.65. The Morgan fingerprint density at radius 3 is 1.33 bits per heavy atom. The lowest BCUT2D eigenvalue weighted by molar-refractivity contribution is 0.415. The van der Waals surface area contributed by atoms with Crippen molar-refractivity contribution in [1.29, 1.82) is 0 Å². The van der Waals surface area contributed by atoms with Gasteiger partial charge < -0.3 is 19.7 Å². The molecule has 0 radical (unpaired) electrons. The first-order chi connectivity index (χ1) is 8.74. The van der Waals surface area contributed by atoms with E-state index in [4.69, 9.17) is 9.47 Å². The Labute approximate surface area is 106 Å². The Morgan fingerprint density at radius 2 is 1.06 bits per heavy atom. The van der Waals surface area contributed by atoms with Crippen molar-refractivity contribution < 1.29 is 9.47 Å². The van der Waals surface area contributed by atoms with Crippen LogP contribution in [0.4, 0.5) is 11.4 Å². The maximum Gasteiger partial charge on any atom is 0.119 e. The minimum atomic E-state index is 0.556. The molecular weight excluding hydrogens is 230 g/mol. The van der Waals surface area contributed by atoms with E-state index in [1.165, 1.54) is 0 Å². The Hall–Kier alpha value is -2.20. The number of rotatable bonds is 4. The summed E-state index contributed by atoms with van der Waals surface area (Å²) in [7, 11) is 3.18. The summed E-state index contributed by atoms with van der Waals surface area (Å²) in [6, 6.07) is 13.9. The fourth-order valence-corrected chi connectivity index (χ4v) is 1.58. The number of nitrogens with zero attached hydrogens (tertiary/aromatic N) is 1. The highest BCUT2D eigenvalue weighted by atomic mass is 16.5. The molecule has 18 heavy (non-hydrogen) atoms. The summed E-state index contributed by atoms with van der Waals surface area (Å²) in [5, 5.41) is 12.9. The summed E-state index contributed by atoms with van der Waals surface area (Å²) in [6.07, 6.45) is 0. The van der Waals surface area contributed by atoms with E-state index >= 15 is 0 Å². The molecule has 4 heteroatoms. The quantitative estimate of drug-likeness (QED) is 0.774. The average molecular weight is 244 g/mol. The molecule has 0 saturated heterocycles. The molecule has 0 aliphatic rings. The summed E-state index contributed by atoms with van der Waals surface area (Å²) >= 11 is 0. The molecule has 0 aliphatic heterocycles. The van der Waals surface area contributed by atoms with E-state index in [1.807, 2.05) is 0 Å². The van der Waals surface area contributed by atoms with Crippen molar-refractivity contribution in [2.24, 2.45) is 0 Å². The van der Waals surface area contributed by atoms with Gasteiger partial charge >= 0.3 is 0 Å². The molecule has 0 N–H and O–H groups in total. The Kier molecular flexibility index (Phi) is 3.69. The molecule has 0 saturated carbocycles. The van der Waals surface area contributed by atoms with Crippen molar-refractivity contribution in [3.8, 4) is 11.5 Å². The van der Waals surface area contributed by atoms with Gasteiger partial charge in [0.25, 0.3) is 0 Å². The maximum absolute atomic E-state index is 12.1. The lowest BCUT2D eigenvalue weighted by Gasteiger charge is -2.30. The topological polar surface area (TPSA) is 44.8 Å². The van der Waals surface area contributed by atoms with Crippen LogP contribution < -0.4 is 14.5 Å². The van der Waals surface area contributed by atoms with Gasteiger partial charge in [0.1, 0.15) is 11.5 Å². The van der Waals surface area contributed by atoms with Crippen LogP contribution in [0.15, 0.2) is 48.5 Å². The molecule has 0 spiro atoms. The lowest BCUT2D eigenvalue weighted by Crippen LogP contribution is -2.06. The first kappa shape index (κ1) is 12.3. The summed E-state index contributed by atoms with van der Waals surface area (Å²) in [4.78, 5) is 0. The summed E-state index contributed by atoms with van der Waals surface area (Å²) < 4.78 is 10.1. The van der Waals surface area contributed by atoms with E-state index < -0.39 is 0 Å². The molecule has 0 aromatic heterocycles. The summed E-state index contributed by atoms with van der Waals surface area (Å²) in [5.74, 6) is 1.45. The minimum absolute atomic E-state index is 0.556. The van der Waals surface area contributed by atoms with E-state index in [1.54, 1.807) is 62.8 Å². The Balaban J connectivity index is 2.20. The van der Waals surface area contributed by atoms with Crippen molar-refractivity contribution in [3.05, 3.63) is 53.7 Å².